The summed E-state index contributed by atoms with van der Waals surface area (Å²) in [6, 6.07) is 10.1. The minimum Gasteiger partial charge on any atom is -0.340 e. The van der Waals surface area contributed by atoms with Gasteiger partial charge in [0, 0.05) is 68.0 Å². The molecule has 3 amide bonds. The van der Waals surface area contributed by atoms with Crippen LogP contribution in [0, 0.1) is 13.8 Å². The normalized spacial score (nSPS) is 18.3. The second-order valence-corrected chi connectivity index (χ2v) is 10.8. The third-order valence-corrected chi connectivity index (χ3v) is 7.96. The van der Waals surface area contributed by atoms with Crippen LogP contribution in [0.1, 0.15) is 65.7 Å². The van der Waals surface area contributed by atoms with Gasteiger partial charge in [-0.1, -0.05) is 23.7 Å². The van der Waals surface area contributed by atoms with Crippen molar-refractivity contribution in [2.24, 2.45) is 0 Å². The lowest BCUT2D eigenvalue weighted by Gasteiger charge is -2.36. The molecule has 3 aliphatic rings. The highest BCUT2D eigenvalue weighted by Gasteiger charge is 2.30. The van der Waals surface area contributed by atoms with Gasteiger partial charge in [-0.2, -0.15) is 0 Å². The standard InChI is InChI=1S/C17H23ClN2O.C12H15N3O2/c1-13-11-14(4-5-16(13)18)12-19-9-6-15(7-10-19)20-8-2-3-17(20)21;1-9-6-10(7-11(14-9)13-8-16)12(17)15-4-2-3-5-15/h4-5,11,15H,2-3,6-10,12H2,1H3;6-8H,2-5H2,1H3,(H,13,14,16). The number of rotatable bonds is 6. The van der Waals surface area contributed by atoms with Crippen LogP contribution >= 0.6 is 11.6 Å². The van der Waals surface area contributed by atoms with Gasteiger partial charge in [-0.3, -0.25) is 19.3 Å². The number of anilines is 1. The molecule has 0 spiro atoms. The molecule has 1 aromatic heterocycles. The molecule has 0 bridgehead atoms. The number of halogens is 1. The first-order valence-electron chi connectivity index (χ1n) is 13.6. The van der Waals surface area contributed by atoms with Gasteiger partial charge in [-0.25, -0.2) is 4.98 Å². The number of benzene rings is 1. The molecule has 0 unspecified atom stereocenters. The summed E-state index contributed by atoms with van der Waals surface area (Å²) in [7, 11) is 0. The highest BCUT2D eigenvalue weighted by Crippen LogP contribution is 2.24. The van der Waals surface area contributed by atoms with E-state index in [1.165, 1.54) is 5.56 Å². The summed E-state index contributed by atoms with van der Waals surface area (Å²) >= 11 is 6.08. The van der Waals surface area contributed by atoms with E-state index < -0.39 is 0 Å². The molecule has 0 aliphatic carbocycles. The Morgan fingerprint density at radius 1 is 1.05 bits per heavy atom. The molecule has 0 radical (unpaired) electrons. The number of amides is 3. The minimum atomic E-state index is 0.0157. The van der Waals surface area contributed by atoms with E-state index >= 15 is 0 Å². The van der Waals surface area contributed by atoms with Crippen LogP contribution in [-0.4, -0.2) is 76.7 Å². The van der Waals surface area contributed by atoms with Crippen molar-refractivity contribution in [2.45, 2.75) is 65.0 Å². The zero-order chi connectivity index (χ0) is 27.1. The summed E-state index contributed by atoms with van der Waals surface area (Å²) in [5.74, 6) is 0.797. The first kappa shape index (κ1) is 28.0. The van der Waals surface area contributed by atoms with Gasteiger partial charge in [0.1, 0.15) is 5.82 Å². The van der Waals surface area contributed by atoms with Gasteiger partial charge >= 0.3 is 0 Å². The summed E-state index contributed by atoms with van der Waals surface area (Å²) in [4.78, 5) is 44.9. The number of hydrogen-bond acceptors (Lipinski definition) is 5. The second kappa shape index (κ2) is 13.2. The maximum absolute atomic E-state index is 12.1. The van der Waals surface area contributed by atoms with Crippen molar-refractivity contribution < 1.29 is 14.4 Å². The SMILES string of the molecule is Cc1cc(C(=O)N2CCCC2)cc(NC=O)n1.Cc1cc(CN2CCC(N3CCCC3=O)CC2)ccc1Cl. The Morgan fingerprint density at radius 3 is 2.42 bits per heavy atom. The number of hydrogen-bond donors (Lipinski definition) is 1. The van der Waals surface area contributed by atoms with E-state index in [0.717, 1.165) is 94.1 Å². The molecule has 3 saturated heterocycles. The van der Waals surface area contributed by atoms with E-state index in [4.69, 9.17) is 11.6 Å². The fourth-order valence-electron chi connectivity index (χ4n) is 5.54. The molecule has 3 aliphatic heterocycles. The lowest BCUT2D eigenvalue weighted by Crippen LogP contribution is -2.45. The van der Waals surface area contributed by atoms with Crippen LogP contribution in [0.25, 0.3) is 0 Å². The van der Waals surface area contributed by atoms with Crippen LogP contribution in [0.3, 0.4) is 0 Å². The summed E-state index contributed by atoms with van der Waals surface area (Å²) in [6.07, 6.45) is 6.71. The second-order valence-electron chi connectivity index (χ2n) is 10.4. The van der Waals surface area contributed by atoms with Gasteiger partial charge < -0.3 is 15.1 Å². The third-order valence-electron chi connectivity index (χ3n) is 7.54. The van der Waals surface area contributed by atoms with E-state index in [2.05, 4.69) is 39.2 Å². The zero-order valence-electron chi connectivity index (χ0n) is 22.4. The average Bonchev–Trinajstić information content (AvgIpc) is 3.59. The molecule has 0 saturated carbocycles. The predicted octanol–water partition coefficient (Wildman–Crippen LogP) is 4.43. The van der Waals surface area contributed by atoms with Gasteiger partial charge in [0.15, 0.2) is 0 Å². The van der Waals surface area contributed by atoms with E-state index in [1.54, 1.807) is 19.1 Å². The minimum absolute atomic E-state index is 0.0157. The van der Waals surface area contributed by atoms with Gasteiger partial charge in [0.2, 0.25) is 12.3 Å². The van der Waals surface area contributed by atoms with Crippen LogP contribution in [0.15, 0.2) is 30.3 Å². The molecule has 1 aromatic carbocycles. The number of nitrogens with one attached hydrogen (secondary N) is 1. The van der Waals surface area contributed by atoms with E-state index in [-0.39, 0.29) is 5.91 Å². The van der Waals surface area contributed by atoms with E-state index in [0.29, 0.717) is 29.7 Å². The molecule has 2 aromatic rings. The monoisotopic (exact) mass is 539 g/mol. The lowest BCUT2D eigenvalue weighted by atomic mass is 10.0. The number of carbonyl (C=O) groups excluding carboxylic acids is 3. The Hall–Kier alpha value is -2.97. The maximum atomic E-state index is 12.1. The zero-order valence-corrected chi connectivity index (χ0v) is 23.2. The molecule has 9 heteroatoms. The predicted molar refractivity (Wildman–Crippen MR) is 149 cm³/mol. The summed E-state index contributed by atoms with van der Waals surface area (Å²) in [6.45, 7) is 9.60. The fourth-order valence-corrected chi connectivity index (χ4v) is 5.65. The summed E-state index contributed by atoms with van der Waals surface area (Å²) in [5.41, 5.74) is 3.78. The number of aromatic nitrogens is 1. The van der Waals surface area contributed by atoms with Crippen LogP contribution < -0.4 is 5.32 Å². The molecule has 4 heterocycles. The molecule has 1 N–H and O–H groups in total. The van der Waals surface area contributed by atoms with Crippen molar-refractivity contribution in [3.05, 3.63) is 57.7 Å². The van der Waals surface area contributed by atoms with Crippen LogP contribution in [0.4, 0.5) is 5.82 Å². The average molecular weight is 540 g/mol. The Kier molecular flexibility index (Phi) is 9.74. The van der Waals surface area contributed by atoms with Gasteiger partial charge in [-0.05, 0) is 75.3 Å². The van der Waals surface area contributed by atoms with Gasteiger partial charge in [0.25, 0.3) is 5.91 Å². The number of aryl methyl sites for hydroxylation is 2. The molecular weight excluding hydrogens is 502 g/mol. The Morgan fingerprint density at radius 2 is 1.79 bits per heavy atom. The van der Waals surface area contributed by atoms with Crippen molar-refractivity contribution in [1.82, 2.24) is 19.7 Å². The van der Waals surface area contributed by atoms with Crippen molar-refractivity contribution >= 4 is 35.6 Å². The summed E-state index contributed by atoms with van der Waals surface area (Å²) < 4.78 is 0. The Balaban J connectivity index is 0.000000181. The molecule has 3 fully saturated rings. The smallest absolute Gasteiger partial charge is 0.254 e. The van der Waals surface area contributed by atoms with E-state index in [9.17, 15) is 14.4 Å². The molecule has 5 rings (SSSR count). The van der Waals surface area contributed by atoms with Crippen LogP contribution in [0.2, 0.25) is 5.02 Å². The highest BCUT2D eigenvalue weighted by molar-refractivity contribution is 6.31. The van der Waals surface area contributed by atoms with Crippen molar-refractivity contribution in [3.8, 4) is 0 Å². The Labute approximate surface area is 230 Å². The molecular formula is C29H38ClN5O3. The molecule has 0 atom stereocenters. The third kappa shape index (κ3) is 7.32. The first-order chi connectivity index (χ1) is 18.3. The number of carbonyl (C=O) groups is 3. The largest absolute Gasteiger partial charge is 0.340 e. The summed E-state index contributed by atoms with van der Waals surface area (Å²) in [5, 5.41) is 3.31. The highest BCUT2D eigenvalue weighted by atomic mass is 35.5. The number of piperidine rings is 1. The molecule has 38 heavy (non-hydrogen) atoms. The van der Waals surface area contributed by atoms with Crippen LogP contribution in [0.5, 0.6) is 0 Å². The fraction of sp³-hybridized carbons (Fsp3) is 0.517. The molecule has 204 valence electrons. The van der Waals surface area contributed by atoms with Gasteiger partial charge in [0.05, 0.1) is 0 Å². The number of pyridine rings is 1. The topological polar surface area (TPSA) is 85.8 Å². The van der Waals surface area contributed by atoms with Crippen molar-refractivity contribution in [3.63, 3.8) is 0 Å². The van der Waals surface area contributed by atoms with Crippen LogP contribution in [-0.2, 0) is 16.1 Å². The van der Waals surface area contributed by atoms with E-state index in [1.807, 2.05) is 11.0 Å². The van der Waals surface area contributed by atoms with Crippen molar-refractivity contribution in [1.29, 1.82) is 0 Å². The quantitative estimate of drug-likeness (QED) is 0.549. The molecule has 8 nitrogen and oxygen atoms in total. The lowest BCUT2D eigenvalue weighted by molar-refractivity contribution is -0.130. The number of likely N-dealkylation sites (tertiary alicyclic amines) is 3. The van der Waals surface area contributed by atoms with Gasteiger partial charge in [-0.15, -0.1) is 0 Å². The number of nitrogens with zero attached hydrogens (tertiary/aromatic N) is 4. The van der Waals surface area contributed by atoms with Crippen molar-refractivity contribution in [2.75, 3.05) is 38.0 Å². The maximum Gasteiger partial charge on any atom is 0.254 e. The first-order valence-corrected chi connectivity index (χ1v) is 14.0. The Bertz CT molecular complexity index is 1140.